The van der Waals surface area contributed by atoms with Crippen LogP contribution < -0.4 is 0 Å². The van der Waals surface area contributed by atoms with Gasteiger partial charge >= 0.3 is 0 Å². The molecule has 27 atom stereocenters. The first-order chi connectivity index (χ1) is 41.0. The van der Waals surface area contributed by atoms with Crippen LogP contribution in [0, 0.1) is 0 Å². The number of hydrogen-bond donors (Lipinski definition) is 11. The van der Waals surface area contributed by atoms with Crippen LogP contribution >= 0.6 is 0 Å². The molecule has 8 aliphatic rings. The van der Waals surface area contributed by atoms with E-state index in [1.807, 2.05) is 38.0 Å². The lowest BCUT2D eigenvalue weighted by atomic mass is 9.70. The van der Waals surface area contributed by atoms with Gasteiger partial charge in [0.2, 0.25) is 11.6 Å². The summed E-state index contributed by atoms with van der Waals surface area (Å²) in [5.41, 5.74) is -5.13. The highest BCUT2D eigenvalue weighted by Gasteiger charge is 2.56. The molecular weight excluding hydrogens is 1150 g/mol. The highest BCUT2D eigenvalue weighted by molar-refractivity contribution is 6.32. The molecule has 0 radical (unpaired) electrons. The minimum atomic E-state index is -1.99. The van der Waals surface area contributed by atoms with E-state index in [1.165, 1.54) is 0 Å². The van der Waals surface area contributed by atoms with Gasteiger partial charge < -0.3 is 123 Å². The SMILES string of the molecule is CC[C@]1(O)C[C@@H](O[C@H]2C[C@@H](N(C)C)[C@@H](O[C@H]3C[C@@H](O)[C@@H](O[C@H]4C[C@@H](O)[C@@H](O)[C@@H](C)O4)[C@@H](C)O3)[C@@H](C)O2)c2c(O)c3c(c(O)c2[C@H]1O[C@H]1C[C@@H](N(C)C)[C@@H](O[C@H]2C[C@@H](O)[C@@H](O[C@H]4C[C@@H](O)[C@@H](O)[C@@H](C)O4)[C@@H](C)O2)[C@@H](C)O1)C(=O)c1c(O)ccc(O)c1C3=O. The summed E-state index contributed by atoms with van der Waals surface area (Å²) in [4.78, 5) is 33.0. The molecule has 6 aliphatic heterocycles. The summed E-state index contributed by atoms with van der Waals surface area (Å²) in [5, 5.41) is 124. The topological polar surface area (TPSA) is 374 Å². The minimum Gasteiger partial charge on any atom is -0.507 e. The number of rotatable bonds is 15. The summed E-state index contributed by atoms with van der Waals surface area (Å²) in [6, 6.07) is 1.07. The second-order valence-corrected chi connectivity index (χ2v) is 25.3. The van der Waals surface area contributed by atoms with E-state index in [2.05, 4.69) is 0 Å². The lowest BCUT2D eigenvalue weighted by Crippen LogP contribution is -2.59. The molecule has 6 fully saturated rings. The standard InChI is InChI=1S/C60H88N2O25/c1-12-60(75)21-36(82-37-15-28(61(8)9)55(24(4)78-37)83-41-19-34(67)57(26(6)80-41)85-39-17-32(65)49(69)22(2)76-39)45-48(54(74)47-46(53(45)73)51(71)43-30(63)13-14-31(64)44(43)52(47)72)59(60)87-38-16-29(62(10)11)56(25(5)79-38)84-42-20-35(68)58(27(7)81-42)86-40-18-33(66)50(70)23(3)77-40/h13-14,22-29,32-42,49-50,55-59,63-70,73-75H,12,15-21H2,1-11H3/t22-,23-,24-,25-,26-,27-,28-,29-,32-,33-,34-,35-,36-,37+,38+,39+,40+,41+,42+,49+,50+,55+,56+,57+,58+,59-,60+/m1/s1. The molecule has 0 bridgehead atoms. The Morgan fingerprint density at radius 2 is 0.793 bits per heavy atom. The van der Waals surface area contributed by atoms with Crippen LogP contribution in [0.15, 0.2) is 12.1 Å². The van der Waals surface area contributed by atoms with Gasteiger partial charge in [0.15, 0.2) is 37.7 Å². The van der Waals surface area contributed by atoms with Crippen molar-refractivity contribution in [3.63, 3.8) is 0 Å². The molecule has 0 spiro atoms. The number of hydrogen-bond acceptors (Lipinski definition) is 27. The molecular formula is C60H88N2O25. The van der Waals surface area contributed by atoms with Gasteiger partial charge in [-0.25, -0.2) is 0 Å². The Morgan fingerprint density at radius 1 is 0.460 bits per heavy atom. The summed E-state index contributed by atoms with van der Waals surface area (Å²) in [6.45, 7) is 11.8. The molecule has 10 rings (SSSR count). The molecule has 6 heterocycles. The third kappa shape index (κ3) is 12.8. The van der Waals surface area contributed by atoms with Crippen LogP contribution in [-0.4, -0.2) is 259 Å². The minimum absolute atomic E-state index is 0.00965. The van der Waals surface area contributed by atoms with Gasteiger partial charge in [0.1, 0.15) is 65.7 Å². The second-order valence-electron chi connectivity index (χ2n) is 25.3. The van der Waals surface area contributed by atoms with Crippen LogP contribution in [0.2, 0.25) is 0 Å². The van der Waals surface area contributed by atoms with Crippen molar-refractivity contribution < 1.29 is 123 Å². The van der Waals surface area contributed by atoms with Crippen molar-refractivity contribution in [1.82, 2.24) is 9.80 Å². The first-order valence-corrected chi connectivity index (χ1v) is 30.2. The van der Waals surface area contributed by atoms with E-state index < -0.39 is 222 Å². The summed E-state index contributed by atoms with van der Waals surface area (Å²) in [6.07, 6.45) is -23.3. The lowest BCUT2D eigenvalue weighted by molar-refractivity contribution is -0.336. The molecule has 0 aromatic heterocycles. The Hall–Kier alpha value is -3.86. The number of fused-ring (bicyclic) bond motifs is 3. The number of aliphatic hydroxyl groups is 7. The van der Waals surface area contributed by atoms with E-state index in [0.717, 1.165) is 12.1 Å². The fraction of sp³-hybridized carbons (Fsp3) is 0.767. The van der Waals surface area contributed by atoms with Crippen molar-refractivity contribution in [3.05, 3.63) is 45.5 Å². The van der Waals surface area contributed by atoms with Gasteiger partial charge in [-0.3, -0.25) is 9.59 Å². The number of carbonyl (C=O) groups excluding carboxylic acids is 2. The molecule has 27 heteroatoms. The third-order valence-electron chi connectivity index (χ3n) is 18.9. The fourth-order valence-corrected chi connectivity index (χ4v) is 14.0. The Kier molecular flexibility index (Phi) is 19.8. The van der Waals surface area contributed by atoms with Crippen LogP contribution in [0.4, 0.5) is 0 Å². The summed E-state index contributed by atoms with van der Waals surface area (Å²) >= 11 is 0. The maximum absolute atomic E-state index is 14.6. The number of nitrogens with zero attached hydrogens (tertiary/aromatic N) is 2. The predicted octanol–water partition coefficient (Wildman–Crippen LogP) is 1.32. The zero-order chi connectivity index (χ0) is 63.2. The van der Waals surface area contributed by atoms with Gasteiger partial charge in [0.05, 0.1) is 95.0 Å². The number of phenols is 4. The van der Waals surface area contributed by atoms with Crippen molar-refractivity contribution >= 4 is 11.6 Å². The van der Waals surface area contributed by atoms with Crippen molar-refractivity contribution in [1.29, 1.82) is 0 Å². The second kappa shape index (κ2) is 26.0. The molecule has 27 nitrogen and oxygen atoms in total. The van der Waals surface area contributed by atoms with Gasteiger partial charge in [-0.15, -0.1) is 0 Å². The number of carbonyl (C=O) groups is 2. The van der Waals surface area contributed by atoms with Gasteiger partial charge in [0, 0.05) is 68.2 Å². The number of ether oxygens (including phenoxy) is 12. The predicted molar refractivity (Wildman–Crippen MR) is 298 cm³/mol. The molecule has 0 amide bonds. The molecule has 488 valence electrons. The Labute approximate surface area is 504 Å². The lowest BCUT2D eigenvalue weighted by Gasteiger charge is -2.50. The van der Waals surface area contributed by atoms with Gasteiger partial charge in [-0.2, -0.15) is 0 Å². The number of aromatic hydroxyl groups is 4. The van der Waals surface area contributed by atoms with Gasteiger partial charge in [-0.05, 0) is 88.3 Å². The third-order valence-corrected chi connectivity index (χ3v) is 18.9. The average Bonchev–Trinajstić information content (AvgIpc) is 0.714. The van der Waals surface area contributed by atoms with Gasteiger partial charge in [-0.1, -0.05) is 6.92 Å². The van der Waals surface area contributed by atoms with Crippen molar-refractivity contribution in [3.8, 4) is 23.0 Å². The molecule has 0 unspecified atom stereocenters. The van der Waals surface area contributed by atoms with Crippen LogP contribution in [0.5, 0.6) is 23.0 Å². The van der Waals surface area contributed by atoms with Crippen LogP contribution in [-0.2, 0) is 56.8 Å². The van der Waals surface area contributed by atoms with E-state index >= 15 is 0 Å². The van der Waals surface area contributed by atoms with Crippen molar-refractivity contribution in [2.45, 2.75) is 265 Å². The van der Waals surface area contributed by atoms with E-state index in [9.17, 15) is 65.8 Å². The number of likely N-dealkylation sites (N-methyl/N-ethyl adjacent to an activating group) is 2. The number of phenolic OH excluding ortho intramolecular Hbond substituents is 4. The maximum Gasteiger partial charge on any atom is 0.202 e. The molecule has 2 aliphatic carbocycles. The van der Waals surface area contributed by atoms with Crippen LogP contribution in [0.1, 0.15) is 155 Å². The average molecular weight is 1240 g/mol. The molecule has 0 saturated carbocycles. The highest BCUT2D eigenvalue weighted by atomic mass is 16.8. The summed E-state index contributed by atoms with van der Waals surface area (Å²) in [5.74, 6) is -5.22. The molecule has 87 heavy (non-hydrogen) atoms. The van der Waals surface area contributed by atoms with Crippen molar-refractivity contribution in [2.75, 3.05) is 28.2 Å². The summed E-state index contributed by atoms with van der Waals surface area (Å²) < 4.78 is 76.2. The maximum atomic E-state index is 14.6. The van der Waals surface area contributed by atoms with Crippen LogP contribution in [0.25, 0.3) is 0 Å². The van der Waals surface area contributed by atoms with E-state index in [-0.39, 0.29) is 62.5 Å². The zero-order valence-corrected chi connectivity index (χ0v) is 50.9. The summed E-state index contributed by atoms with van der Waals surface area (Å²) in [7, 11) is 7.29. The molecule has 11 N–H and O–H groups in total. The van der Waals surface area contributed by atoms with Crippen molar-refractivity contribution in [2.24, 2.45) is 0 Å². The largest absolute Gasteiger partial charge is 0.507 e. The monoisotopic (exact) mass is 1240 g/mol. The van der Waals surface area contributed by atoms with E-state index in [1.54, 1.807) is 48.5 Å². The van der Waals surface area contributed by atoms with E-state index in [4.69, 9.17) is 56.8 Å². The van der Waals surface area contributed by atoms with Gasteiger partial charge in [0.25, 0.3) is 0 Å². The zero-order valence-electron chi connectivity index (χ0n) is 50.9. The fourth-order valence-electron chi connectivity index (χ4n) is 14.0. The molecule has 2 aromatic rings. The number of aliphatic hydroxyl groups excluding tert-OH is 6. The molecule has 6 saturated heterocycles. The smallest absolute Gasteiger partial charge is 0.202 e. The Bertz CT molecular complexity index is 2740. The number of benzene rings is 2. The Balaban J connectivity index is 0.898. The first-order valence-electron chi connectivity index (χ1n) is 30.2. The number of ketones is 2. The van der Waals surface area contributed by atoms with Crippen LogP contribution in [0.3, 0.4) is 0 Å². The Morgan fingerprint density at radius 3 is 1.16 bits per heavy atom. The quantitative estimate of drug-likeness (QED) is 0.0956. The normalized spacial score (nSPS) is 43.5. The highest BCUT2D eigenvalue weighted by Crippen LogP contribution is 2.59. The molecule has 2 aromatic carbocycles. The van der Waals surface area contributed by atoms with E-state index in [0.29, 0.717) is 0 Å². The first kappa shape index (κ1) is 66.1.